The number of alkyl halides is 4. The van der Waals surface area contributed by atoms with Crippen LogP contribution in [0.4, 0.5) is 28.2 Å². The summed E-state index contributed by atoms with van der Waals surface area (Å²) in [5.41, 5.74) is -0.769. The van der Waals surface area contributed by atoms with Gasteiger partial charge in [0.2, 0.25) is 5.91 Å². The van der Waals surface area contributed by atoms with Gasteiger partial charge in [0.25, 0.3) is 0 Å². The normalized spacial score (nSPS) is 21.6. The Hall–Kier alpha value is -2.70. The largest absolute Gasteiger partial charge is 0.444 e. The van der Waals surface area contributed by atoms with Gasteiger partial charge in [0.15, 0.2) is 0 Å². The van der Waals surface area contributed by atoms with Crippen LogP contribution in [-0.4, -0.2) is 88.5 Å². The van der Waals surface area contributed by atoms with Crippen molar-refractivity contribution in [2.45, 2.75) is 57.6 Å². The number of thiophene rings is 1. The van der Waals surface area contributed by atoms with Crippen molar-refractivity contribution < 1.29 is 31.9 Å². The standard InChI is InChI=1S/C22H27F4N5O3S/c1-21(2,3)34-20(33)31-11-13(23)8-16(31)19(32)30-6-4-29(5-7-30)17-15-9-14(10-22(24,25)26)35-18(15)28-12-27-17/h9,12-13,16H,4-8,10-11H2,1-3H3/t13-,16-/m0/s1. The predicted octanol–water partition coefficient (Wildman–Crippen LogP) is 3.79. The number of carbonyl (C=O) groups is 2. The Morgan fingerprint density at radius 1 is 1.14 bits per heavy atom. The Morgan fingerprint density at radius 2 is 1.83 bits per heavy atom. The van der Waals surface area contributed by atoms with E-state index >= 15 is 0 Å². The van der Waals surface area contributed by atoms with Crippen LogP contribution in [0.5, 0.6) is 0 Å². The molecule has 2 fully saturated rings. The highest BCUT2D eigenvalue weighted by Crippen LogP contribution is 2.34. The molecule has 0 spiro atoms. The van der Waals surface area contributed by atoms with Gasteiger partial charge in [-0.15, -0.1) is 11.3 Å². The van der Waals surface area contributed by atoms with Gasteiger partial charge in [-0.3, -0.25) is 9.69 Å². The lowest BCUT2D eigenvalue weighted by molar-refractivity contribution is -0.136. The summed E-state index contributed by atoms with van der Waals surface area (Å²) in [6.45, 7) is 6.30. The molecule has 2 amide bonds. The van der Waals surface area contributed by atoms with Crippen molar-refractivity contribution in [3.8, 4) is 0 Å². The number of nitrogens with zero attached hydrogens (tertiary/aromatic N) is 5. The molecule has 4 rings (SSSR count). The number of carbonyl (C=O) groups excluding carboxylic acids is 2. The first-order valence-electron chi connectivity index (χ1n) is 11.3. The van der Waals surface area contributed by atoms with E-state index in [0.29, 0.717) is 42.2 Å². The number of ether oxygens (including phenoxy) is 1. The Balaban J connectivity index is 1.43. The first kappa shape index (κ1) is 25.4. The smallest absolute Gasteiger partial charge is 0.411 e. The molecule has 0 saturated carbocycles. The number of rotatable bonds is 3. The van der Waals surface area contributed by atoms with E-state index in [4.69, 9.17) is 4.74 Å². The number of aromatic nitrogens is 2. The van der Waals surface area contributed by atoms with Crippen LogP contribution >= 0.6 is 11.3 Å². The first-order chi connectivity index (χ1) is 16.3. The van der Waals surface area contributed by atoms with Gasteiger partial charge in [0.1, 0.15) is 34.8 Å². The molecule has 0 unspecified atom stereocenters. The minimum absolute atomic E-state index is 0.0816. The van der Waals surface area contributed by atoms with Gasteiger partial charge in [-0.05, 0) is 26.8 Å². The lowest BCUT2D eigenvalue weighted by Crippen LogP contribution is -2.55. The third kappa shape index (κ3) is 5.93. The van der Waals surface area contributed by atoms with Crippen molar-refractivity contribution in [1.82, 2.24) is 19.8 Å². The summed E-state index contributed by atoms with van der Waals surface area (Å²) in [5, 5.41) is 0.545. The van der Waals surface area contributed by atoms with Crippen LogP contribution in [0, 0.1) is 0 Å². The Morgan fingerprint density at radius 3 is 2.46 bits per heavy atom. The van der Waals surface area contributed by atoms with Crippen molar-refractivity contribution in [3.63, 3.8) is 0 Å². The van der Waals surface area contributed by atoms with E-state index in [2.05, 4.69) is 9.97 Å². The number of amides is 2. The molecule has 2 aromatic rings. The molecule has 4 heterocycles. The van der Waals surface area contributed by atoms with Gasteiger partial charge in [-0.2, -0.15) is 13.2 Å². The minimum atomic E-state index is -4.31. The maximum Gasteiger partial charge on any atom is 0.411 e. The van der Waals surface area contributed by atoms with Crippen LogP contribution in [0.25, 0.3) is 10.2 Å². The molecule has 13 heteroatoms. The van der Waals surface area contributed by atoms with Crippen molar-refractivity contribution in [1.29, 1.82) is 0 Å². The van der Waals surface area contributed by atoms with Crippen molar-refractivity contribution in [3.05, 3.63) is 17.3 Å². The molecule has 192 valence electrons. The minimum Gasteiger partial charge on any atom is -0.444 e. The maximum absolute atomic E-state index is 14.2. The molecule has 0 radical (unpaired) electrons. The third-order valence-electron chi connectivity index (χ3n) is 5.79. The summed E-state index contributed by atoms with van der Waals surface area (Å²) in [6.07, 6.45) is -6.13. The molecule has 0 N–H and O–H groups in total. The molecule has 2 aliphatic rings. The van der Waals surface area contributed by atoms with Crippen molar-refractivity contribution in [2.24, 2.45) is 0 Å². The van der Waals surface area contributed by atoms with Gasteiger partial charge >= 0.3 is 12.3 Å². The molecule has 0 aromatic carbocycles. The average molecular weight is 518 g/mol. The van der Waals surface area contributed by atoms with Crippen LogP contribution in [0.2, 0.25) is 0 Å². The summed E-state index contributed by atoms with van der Waals surface area (Å²) in [6, 6.07) is 0.540. The predicted molar refractivity (Wildman–Crippen MR) is 122 cm³/mol. The highest BCUT2D eigenvalue weighted by Gasteiger charge is 2.43. The van der Waals surface area contributed by atoms with Crippen LogP contribution in [-0.2, 0) is 16.0 Å². The molecule has 8 nitrogen and oxygen atoms in total. The quantitative estimate of drug-likeness (QED) is 0.577. The second kappa shape index (κ2) is 9.40. The van der Waals surface area contributed by atoms with E-state index in [1.54, 1.807) is 25.7 Å². The topological polar surface area (TPSA) is 78.9 Å². The Labute approximate surface area is 203 Å². The monoisotopic (exact) mass is 517 g/mol. The van der Waals surface area contributed by atoms with Crippen molar-refractivity contribution in [2.75, 3.05) is 37.6 Å². The summed E-state index contributed by atoms with van der Waals surface area (Å²) >= 11 is 0.984. The van der Waals surface area contributed by atoms with Gasteiger partial charge in [0.05, 0.1) is 18.4 Å². The fourth-order valence-corrected chi connectivity index (χ4v) is 5.34. The number of hydrogen-bond donors (Lipinski definition) is 0. The average Bonchev–Trinajstić information content (AvgIpc) is 3.33. The number of halogens is 4. The molecule has 2 atom stereocenters. The fraction of sp³-hybridized carbons (Fsp3) is 0.636. The van der Waals surface area contributed by atoms with Gasteiger partial charge in [-0.25, -0.2) is 19.2 Å². The highest BCUT2D eigenvalue weighted by molar-refractivity contribution is 7.18. The van der Waals surface area contributed by atoms with E-state index in [-0.39, 0.29) is 23.7 Å². The zero-order valence-electron chi connectivity index (χ0n) is 19.6. The molecule has 0 aliphatic carbocycles. The lowest BCUT2D eigenvalue weighted by Gasteiger charge is -2.38. The number of hydrogen-bond acceptors (Lipinski definition) is 7. The second-order valence-corrected chi connectivity index (χ2v) is 10.8. The van der Waals surface area contributed by atoms with Crippen LogP contribution < -0.4 is 4.90 Å². The van der Waals surface area contributed by atoms with Crippen molar-refractivity contribution >= 4 is 39.4 Å². The third-order valence-corrected chi connectivity index (χ3v) is 6.83. The van der Waals surface area contributed by atoms with E-state index in [9.17, 15) is 27.2 Å². The highest BCUT2D eigenvalue weighted by atomic mass is 32.1. The van der Waals surface area contributed by atoms with E-state index in [0.717, 1.165) is 16.2 Å². The molecule has 2 aliphatic heterocycles. The fourth-order valence-electron chi connectivity index (χ4n) is 4.32. The number of anilines is 1. The van der Waals surface area contributed by atoms with Gasteiger partial charge in [-0.1, -0.05) is 0 Å². The summed E-state index contributed by atoms with van der Waals surface area (Å²) in [7, 11) is 0. The number of fused-ring (bicyclic) bond motifs is 1. The maximum atomic E-state index is 14.2. The number of likely N-dealkylation sites (tertiary alicyclic amines) is 1. The molecule has 0 bridgehead atoms. The Bertz CT molecular complexity index is 1090. The zero-order chi connectivity index (χ0) is 25.5. The van der Waals surface area contributed by atoms with E-state index in [1.807, 2.05) is 4.90 Å². The Kier molecular flexibility index (Phi) is 6.82. The molecule has 2 aromatic heterocycles. The van der Waals surface area contributed by atoms with Gasteiger partial charge < -0.3 is 14.5 Å². The summed E-state index contributed by atoms with van der Waals surface area (Å²) < 4.78 is 58.0. The summed E-state index contributed by atoms with van der Waals surface area (Å²) in [5.74, 6) is 0.179. The van der Waals surface area contributed by atoms with E-state index < -0.39 is 36.5 Å². The van der Waals surface area contributed by atoms with Crippen LogP contribution in [0.15, 0.2) is 12.4 Å². The molecular weight excluding hydrogens is 490 g/mol. The first-order valence-corrected chi connectivity index (χ1v) is 12.1. The lowest BCUT2D eigenvalue weighted by atomic mass is 10.1. The second-order valence-electron chi connectivity index (χ2n) is 9.71. The molecule has 2 saturated heterocycles. The summed E-state index contributed by atoms with van der Waals surface area (Å²) in [4.78, 5) is 39.4. The van der Waals surface area contributed by atoms with Gasteiger partial charge in [0, 0.05) is 37.5 Å². The SMILES string of the molecule is CC(C)(C)OC(=O)N1C[C@@H](F)C[C@H]1C(=O)N1CCN(c2ncnc3sc(CC(F)(F)F)cc23)CC1. The number of piperazine rings is 1. The molecule has 35 heavy (non-hydrogen) atoms. The zero-order valence-corrected chi connectivity index (χ0v) is 20.5. The molecular formula is C22H27F4N5O3S. The van der Waals surface area contributed by atoms with Crippen LogP contribution in [0.3, 0.4) is 0 Å². The van der Waals surface area contributed by atoms with Crippen LogP contribution in [0.1, 0.15) is 32.1 Å². The van der Waals surface area contributed by atoms with E-state index in [1.165, 1.54) is 12.4 Å².